The summed E-state index contributed by atoms with van der Waals surface area (Å²) in [6.45, 7) is 11.3. The van der Waals surface area contributed by atoms with Gasteiger partial charge in [0.15, 0.2) is 0 Å². The van der Waals surface area contributed by atoms with Gasteiger partial charge in [-0.3, -0.25) is 14.6 Å². The minimum Gasteiger partial charge on any atom is -0.309 e. The Kier molecular flexibility index (Phi) is 6.68. The molecular weight excluding hydrogens is 324 g/mol. The molecule has 144 valence electrons. The predicted molar refractivity (Wildman–Crippen MR) is 108 cm³/mol. The molecule has 0 aliphatic carbocycles. The van der Waals surface area contributed by atoms with Crippen molar-refractivity contribution in [2.24, 2.45) is 0 Å². The molecule has 0 bridgehead atoms. The lowest BCUT2D eigenvalue weighted by molar-refractivity contribution is -0.120. The van der Waals surface area contributed by atoms with Gasteiger partial charge in [-0.15, -0.1) is 0 Å². The molecule has 0 spiro atoms. The van der Waals surface area contributed by atoms with E-state index in [0.717, 1.165) is 31.9 Å². The second-order valence-corrected chi connectivity index (χ2v) is 8.06. The molecule has 2 saturated heterocycles. The Morgan fingerprint density at radius 3 is 2.42 bits per heavy atom. The summed E-state index contributed by atoms with van der Waals surface area (Å²) in [5.41, 5.74) is 0.997. The lowest BCUT2D eigenvalue weighted by Crippen LogP contribution is -2.56. The minimum atomic E-state index is 0.170. The number of hydrogen-bond acceptors (Lipinski definition) is 4. The van der Waals surface area contributed by atoms with Gasteiger partial charge in [0.05, 0.1) is 6.54 Å². The first-order valence-electron chi connectivity index (χ1n) is 10.1. The van der Waals surface area contributed by atoms with Gasteiger partial charge in [-0.2, -0.15) is 0 Å². The number of rotatable bonds is 5. The molecule has 3 rings (SSSR count). The molecule has 5 nitrogen and oxygen atoms in total. The third-order valence-electron chi connectivity index (χ3n) is 5.70. The van der Waals surface area contributed by atoms with Gasteiger partial charge < -0.3 is 9.80 Å². The fourth-order valence-corrected chi connectivity index (χ4v) is 4.31. The first-order chi connectivity index (χ1) is 12.5. The second-order valence-electron chi connectivity index (χ2n) is 8.06. The van der Waals surface area contributed by atoms with Crippen molar-refractivity contribution in [3.05, 3.63) is 30.3 Å². The number of hydrogen-bond donors (Lipinski definition) is 0. The number of carbonyl (C=O) groups is 1. The smallest absolute Gasteiger partial charge is 0.241 e. The van der Waals surface area contributed by atoms with Gasteiger partial charge in [-0.25, -0.2) is 0 Å². The predicted octanol–water partition coefficient (Wildman–Crippen LogP) is 2.14. The third kappa shape index (κ3) is 4.84. The monoisotopic (exact) mass is 358 g/mol. The highest BCUT2D eigenvalue weighted by Crippen LogP contribution is 2.19. The number of benzene rings is 1. The van der Waals surface area contributed by atoms with Crippen LogP contribution >= 0.6 is 0 Å². The Bertz CT molecular complexity index is 569. The molecule has 2 aliphatic heterocycles. The number of amides is 1. The molecule has 1 unspecified atom stereocenters. The van der Waals surface area contributed by atoms with Gasteiger partial charge in [0.2, 0.25) is 5.91 Å². The first kappa shape index (κ1) is 19.3. The summed E-state index contributed by atoms with van der Waals surface area (Å²) in [5.74, 6) is 0.206. The maximum Gasteiger partial charge on any atom is 0.241 e. The molecule has 5 heteroatoms. The Hall–Kier alpha value is -1.43. The molecule has 2 fully saturated rings. The van der Waals surface area contributed by atoms with E-state index < -0.39 is 0 Å². The van der Waals surface area contributed by atoms with Crippen molar-refractivity contribution in [2.45, 2.75) is 38.8 Å². The van der Waals surface area contributed by atoms with Crippen molar-refractivity contribution in [1.82, 2.24) is 14.7 Å². The molecule has 0 radical (unpaired) electrons. The summed E-state index contributed by atoms with van der Waals surface area (Å²) >= 11 is 0. The Morgan fingerprint density at radius 1 is 1.12 bits per heavy atom. The SMILES string of the molecule is CC(C)N(C(=O)CN1CCN(C2CCCN(C)C2)CC1)c1ccccc1. The largest absolute Gasteiger partial charge is 0.309 e. The summed E-state index contributed by atoms with van der Waals surface area (Å²) in [5, 5.41) is 0. The topological polar surface area (TPSA) is 30.0 Å². The maximum atomic E-state index is 12.9. The molecule has 1 amide bonds. The summed E-state index contributed by atoms with van der Waals surface area (Å²) in [6.07, 6.45) is 2.62. The van der Waals surface area contributed by atoms with E-state index in [1.165, 1.54) is 25.9 Å². The average molecular weight is 359 g/mol. The molecule has 2 aliphatic rings. The van der Waals surface area contributed by atoms with Crippen LogP contribution in [0, 0.1) is 0 Å². The molecule has 1 aromatic rings. The van der Waals surface area contributed by atoms with Crippen LogP contribution in [0.25, 0.3) is 0 Å². The van der Waals surface area contributed by atoms with Crippen LogP contribution in [0.4, 0.5) is 5.69 Å². The number of likely N-dealkylation sites (tertiary alicyclic amines) is 1. The van der Waals surface area contributed by atoms with Crippen LogP contribution < -0.4 is 4.90 Å². The van der Waals surface area contributed by atoms with E-state index in [9.17, 15) is 4.79 Å². The molecule has 0 saturated carbocycles. The third-order valence-corrected chi connectivity index (χ3v) is 5.70. The maximum absolute atomic E-state index is 12.9. The summed E-state index contributed by atoms with van der Waals surface area (Å²) in [7, 11) is 2.23. The van der Waals surface area contributed by atoms with Crippen molar-refractivity contribution < 1.29 is 4.79 Å². The highest BCUT2D eigenvalue weighted by atomic mass is 16.2. The fraction of sp³-hybridized carbons (Fsp3) is 0.667. The van der Waals surface area contributed by atoms with Gasteiger partial charge in [-0.1, -0.05) is 18.2 Å². The van der Waals surface area contributed by atoms with E-state index in [0.29, 0.717) is 12.6 Å². The van der Waals surface area contributed by atoms with Crippen molar-refractivity contribution in [3.63, 3.8) is 0 Å². The van der Waals surface area contributed by atoms with Crippen molar-refractivity contribution in [1.29, 1.82) is 0 Å². The van der Waals surface area contributed by atoms with E-state index in [-0.39, 0.29) is 11.9 Å². The standard InChI is InChI=1S/C21H34N4O/c1-18(2)25(19-8-5-4-6-9-19)21(26)17-23-12-14-24(15-13-23)20-10-7-11-22(3)16-20/h4-6,8-9,18,20H,7,10-17H2,1-3H3. The average Bonchev–Trinajstić information content (AvgIpc) is 2.63. The van der Waals surface area contributed by atoms with Crippen LogP contribution in [0.3, 0.4) is 0 Å². The zero-order valence-corrected chi connectivity index (χ0v) is 16.6. The van der Waals surface area contributed by atoms with E-state index >= 15 is 0 Å². The fourth-order valence-electron chi connectivity index (χ4n) is 4.31. The van der Waals surface area contributed by atoms with E-state index in [1.807, 2.05) is 35.2 Å². The van der Waals surface area contributed by atoms with Gasteiger partial charge >= 0.3 is 0 Å². The van der Waals surface area contributed by atoms with Crippen molar-refractivity contribution in [2.75, 3.05) is 57.8 Å². The number of carbonyl (C=O) groups excluding carboxylic acids is 1. The number of para-hydroxylation sites is 1. The van der Waals surface area contributed by atoms with Crippen LogP contribution in [0.5, 0.6) is 0 Å². The van der Waals surface area contributed by atoms with Crippen LogP contribution in [0.1, 0.15) is 26.7 Å². The zero-order chi connectivity index (χ0) is 18.5. The number of likely N-dealkylation sites (N-methyl/N-ethyl adjacent to an activating group) is 1. The molecule has 1 atom stereocenters. The Morgan fingerprint density at radius 2 is 1.81 bits per heavy atom. The lowest BCUT2D eigenvalue weighted by atomic mass is 10.0. The number of piperazine rings is 1. The van der Waals surface area contributed by atoms with Crippen molar-refractivity contribution >= 4 is 11.6 Å². The quantitative estimate of drug-likeness (QED) is 0.807. The normalized spacial score (nSPS) is 23.3. The first-order valence-corrected chi connectivity index (χ1v) is 10.1. The lowest BCUT2D eigenvalue weighted by Gasteiger charge is -2.42. The van der Waals surface area contributed by atoms with Gasteiger partial charge in [0.1, 0.15) is 0 Å². The minimum absolute atomic E-state index is 0.170. The Labute approximate surface area is 158 Å². The van der Waals surface area contributed by atoms with Crippen LogP contribution in [0.15, 0.2) is 30.3 Å². The van der Waals surface area contributed by atoms with Crippen LogP contribution in [-0.2, 0) is 4.79 Å². The van der Waals surface area contributed by atoms with Gasteiger partial charge in [0, 0.05) is 50.5 Å². The van der Waals surface area contributed by atoms with Crippen molar-refractivity contribution in [3.8, 4) is 0 Å². The molecule has 1 aromatic carbocycles. The summed E-state index contributed by atoms with van der Waals surface area (Å²) < 4.78 is 0. The molecule has 2 heterocycles. The Balaban J connectivity index is 1.52. The summed E-state index contributed by atoms with van der Waals surface area (Å²) in [4.78, 5) is 22.3. The van der Waals surface area contributed by atoms with E-state index in [4.69, 9.17) is 0 Å². The molecular formula is C21H34N4O. The molecule has 0 aromatic heterocycles. The number of piperidine rings is 1. The van der Waals surface area contributed by atoms with Gasteiger partial charge in [-0.05, 0) is 52.4 Å². The van der Waals surface area contributed by atoms with E-state index in [1.54, 1.807) is 0 Å². The molecule has 0 N–H and O–H groups in total. The highest BCUT2D eigenvalue weighted by molar-refractivity contribution is 5.95. The van der Waals surface area contributed by atoms with E-state index in [2.05, 4.69) is 35.6 Å². The highest BCUT2D eigenvalue weighted by Gasteiger charge is 2.28. The second kappa shape index (κ2) is 8.98. The summed E-state index contributed by atoms with van der Waals surface area (Å²) in [6, 6.07) is 10.9. The molecule has 26 heavy (non-hydrogen) atoms. The van der Waals surface area contributed by atoms with Crippen LogP contribution in [0.2, 0.25) is 0 Å². The zero-order valence-electron chi connectivity index (χ0n) is 16.6. The number of anilines is 1. The number of nitrogens with zero attached hydrogens (tertiary/aromatic N) is 4. The van der Waals surface area contributed by atoms with Crippen LogP contribution in [-0.4, -0.2) is 85.6 Å². The van der Waals surface area contributed by atoms with Gasteiger partial charge in [0.25, 0.3) is 0 Å².